The Morgan fingerprint density at radius 3 is 2.77 bits per heavy atom. The van der Waals surface area contributed by atoms with Crippen molar-refractivity contribution in [1.82, 2.24) is 20.4 Å². The second-order valence-corrected chi connectivity index (χ2v) is 8.20. The van der Waals surface area contributed by atoms with Crippen LogP contribution >= 0.6 is 0 Å². The molecule has 3 atom stereocenters. The largest absolute Gasteiger partial charge is 0.466 e. The summed E-state index contributed by atoms with van der Waals surface area (Å²) in [6.45, 7) is 5.50. The Kier molecular flexibility index (Phi) is 4.14. The molecule has 154 valence electrons. The fourth-order valence-corrected chi connectivity index (χ4v) is 4.44. The summed E-state index contributed by atoms with van der Waals surface area (Å²) in [5.74, 6) is 0.0932. The molecule has 2 aromatic heterocycles. The number of aliphatic hydroxyl groups is 1. The first-order valence-electron chi connectivity index (χ1n) is 9.89. The van der Waals surface area contributed by atoms with Crippen LogP contribution in [0.25, 0.3) is 11.4 Å². The van der Waals surface area contributed by atoms with Crippen LogP contribution in [0.1, 0.15) is 53.5 Å². The van der Waals surface area contributed by atoms with Gasteiger partial charge in [-0.05, 0) is 20.8 Å². The summed E-state index contributed by atoms with van der Waals surface area (Å²) < 4.78 is 11.7. The van der Waals surface area contributed by atoms with Gasteiger partial charge in [-0.15, -0.1) is 0 Å². The number of piperidine rings is 1. The quantitative estimate of drug-likeness (QED) is 0.688. The van der Waals surface area contributed by atoms with Crippen molar-refractivity contribution < 1.29 is 19.2 Å². The van der Waals surface area contributed by atoms with Gasteiger partial charge in [0.1, 0.15) is 11.7 Å². The number of rotatable bonds is 3. The van der Waals surface area contributed by atoms with Crippen molar-refractivity contribution in [2.24, 2.45) is 0 Å². The van der Waals surface area contributed by atoms with Crippen LogP contribution in [0.15, 0.2) is 35.0 Å². The van der Waals surface area contributed by atoms with Crippen LogP contribution in [0.3, 0.4) is 0 Å². The average molecular weight is 406 g/mol. The number of benzene rings is 1. The molecule has 2 bridgehead atoms. The van der Waals surface area contributed by atoms with E-state index in [2.05, 4.69) is 20.4 Å². The maximum Gasteiger partial charge on any atom is 0.240 e. The zero-order valence-corrected chi connectivity index (χ0v) is 17.0. The van der Waals surface area contributed by atoms with Gasteiger partial charge in [-0.2, -0.15) is 4.98 Å². The second-order valence-electron chi connectivity index (χ2n) is 8.20. The van der Waals surface area contributed by atoms with Crippen LogP contribution in [0.2, 0.25) is 0 Å². The zero-order valence-electron chi connectivity index (χ0n) is 17.0. The van der Waals surface area contributed by atoms with E-state index in [1.165, 1.54) is 0 Å². The summed E-state index contributed by atoms with van der Waals surface area (Å²) >= 11 is 0. The highest BCUT2D eigenvalue weighted by Gasteiger charge is 2.52. The van der Waals surface area contributed by atoms with Crippen LogP contribution in [0, 0.1) is 13.8 Å². The molecular weight excluding hydrogens is 384 g/mol. The number of aromatic nitrogens is 3. The first-order chi connectivity index (χ1) is 14.4. The van der Waals surface area contributed by atoms with Crippen LogP contribution in [-0.4, -0.2) is 31.9 Å². The number of aliphatic hydroxyl groups excluding tert-OH is 1. The molecule has 1 saturated heterocycles. The summed E-state index contributed by atoms with van der Waals surface area (Å²) in [5, 5.41) is 17.0. The standard InChI is InChI=1S/C22H22N4O4/c1-11-4-6-13(7-5-11)19-24-21(30-26-19)17-15-8-22(3,25-20(17)28)29-18-12(2)23-9-14(10-27)16(15)18/h4-7,9,15,17,27H,8,10H2,1-3H3,(H,25,28)/t15-,17-,22-/m0/s1. The molecule has 4 heterocycles. The summed E-state index contributed by atoms with van der Waals surface area (Å²) in [7, 11) is 0. The molecule has 8 heteroatoms. The summed E-state index contributed by atoms with van der Waals surface area (Å²) in [5.41, 5.74) is 3.23. The molecule has 1 aromatic carbocycles. The topological polar surface area (TPSA) is 110 Å². The van der Waals surface area contributed by atoms with Crippen molar-refractivity contribution in [2.75, 3.05) is 0 Å². The number of fused-ring (bicyclic) bond motifs is 4. The molecule has 0 unspecified atom stereocenters. The fraction of sp³-hybridized carbons (Fsp3) is 0.364. The number of hydrogen-bond acceptors (Lipinski definition) is 7. The second kappa shape index (κ2) is 6.63. The maximum atomic E-state index is 13.1. The molecule has 2 aliphatic heterocycles. The van der Waals surface area contributed by atoms with Crippen molar-refractivity contribution in [3.63, 3.8) is 0 Å². The van der Waals surface area contributed by atoms with Gasteiger partial charge in [-0.25, -0.2) is 0 Å². The van der Waals surface area contributed by atoms with Crippen molar-refractivity contribution in [3.05, 3.63) is 58.7 Å². The van der Waals surface area contributed by atoms with Crippen molar-refractivity contribution in [3.8, 4) is 17.1 Å². The number of pyridine rings is 1. The van der Waals surface area contributed by atoms with E-state index in [1.807, 2.05) is 45.0 Å². The number of aryl methyl sites for hydroxylation is 2. The number of carbonyl (C=O) groups excluding carboxylic acids is 1. The van der Waals surface area contributed by atoms with Crippen molar-refractivity contribution in [1.29, 1.82) is 0 Å². The minimum absolute atomic E-state index is 0.195. The predicted molar refractivity (Wildman–Crippen MR) is 107 cm³/mol. The average Bonchev–Trinajstić information content (AvgIpc) is 3.18. The molecule has 0 saturated carbocycles. The molecule has 2 aliphatic rings. The van der Waals surface area contributed by atoms with Crippen molar-refractivity contribution >= 4 is 5.91 Å². The van der Waals surface area contributed by atoms with E-state index in [-0.39, 0.29) is 24.3 Å². The molecule has 8 nitrogen and oxygen atoms in total. The van der Waals surface area contributed by atoms with Gasteiger partial charge in [0.25, 0.3) is 0 Å². The van der Waals surface area contributed by atoms with Crippen molar-refractivity contribution in [2.45, 2.75) is 51.4 Å². The Bertz CT molecular complexity index is 1140. The van der Waals surface area contributed by atoms with Gasteiger partial charge in [0.05, 0.1) is 12.3 Å². The summed E-state index contributed by atoms with van der Waals surface area (Å²) in [6, 6.07) is 7.79. The molecular formula is C22H22N4O4. The Morgan fingerprint density at radius 2 is 2.03 bits per heavy atom. The molecule has 0 spiro atoms. The minimum atomic E-state index is -0.856. The van der Waals surface area contributed by atoms with E-state index in [1.54, 1.807) is 6.20 Å². The lowest BCUT2D eigenvalue weighted by Crippen LogP contribution is -2.60. The van der Waals surface area contributed by atoms with Gasteiger partial charge >= 0.3 is 0 Å². The maximum absolute atomic E-state index is 13.1. The van der Waals surface area contributed by atoms with Crippen LogP contribution < -0.4 is 10.1 Å². The smallest absolute Gasteiger partial charge is 0.240 e. The van der Waals surface area contributed by atoms with Gasteiger partial charge in [0, 0.05) is 35.2 Å². The third-order valence-electron chi connectivity index (χ3n) is 5.90. The summed E-state index contributed by atoms with van der Waals surface area (Å²) in [6.07, 6.45) is 2.16. The number of hydrogen-bond donors (Lipinski definition) is 2. The van der Waals surface area contributed by atoms with E-state index < -0.39 is 11.6 Å². The Balaban J connectivity index is 1.61. The highest BCUT2D eigenvalue weighted by Crippen LogP contribution is 2.51. The van der Waals surface area contributed by atoms with Crippen LogP contribution in [0.5, 0.6) is 5.75 Å². The van der Waals surface area contributed by atoms with Gasteiger partial charge in [0.15, 0.2) is 5.72 Å². The molecule has 3 aromatic rings. The number of carbonyl (C=O) groups is 1. The third-order valence-corrected chi connectivity index (χ3v) is 5.90. The van der Waals surface area contributed by atoms with E-state index in [0.717, 1.165) is 16.7 Å². The normalized spacial score (nSPS) is 24.7. The molecule has 2 N–H and O–H groups in total. The van der Waals surface area contributed by atoms with Gasteiger partial charge in [-0.1, -0.05) is 35.0 Å². The molecule has 0 aliphatic carbocycles. The highest BCUT2D eigenvalue weighted by molar-refractivity contribution is 5.86. The fourth-order valence-electron chi connectivity index (χ4n) is 4.44. The van der Waals surface area contributed by atoms with Gasteiger partial charge in [0.2, 0.25) is 17.6 Å². The monoisotopic (exact) mass is 406 g/mol. The lowest BCUT2D eigenvalue weighted by molar-refractivity contribution is -0.136. The summed E-state index contributed by atoms with van der Waals surface area (Å²) in [4.78, 5) is 22.0. The molecule has 5 rings (SSSR count). The minimum Gasteiger partial charge on any atom is -0.466 e. The van der Waals surface area contributed by atoms with Gasteiger partial charge < -0.3 is 19.7 Å². The van der Waals surface area contributed by atoms with E-state index in [0.29, 0.717) is 29.3 Å². The lowest BCUT2D eigenvalue weighted by Gasteiger charge is -2.47. The lowest BCUT2D eigenvalue weighted by atomic mass is 9.73. The first kappa shape index (κ1) is 18.7. The Labute approximate surface area is 173 Å². The predicted octanol–water partition coefficient (Wildman–Crippen LogP) is 2.74. The first-order valence-corrected chi connectivity index (χ1v) is 9.89. The van der Waals surface area contributed by atoms with Crippen LogP contribution in [-0.2, 0) is 11.4 Å². The Morgan fingerprint density at radius 1 is 1.27 bits per heavy atom. The van der Waals surface area contributed by atoms with E-state index in [4.69, 9.17) is 9.26 Å². The molecule has 0 radical (unpaired) electrons. The number of ether oxygens (including phenoxy) is 1. The molecule has 1 fully saturated rings. The highest BCUT2D eigenvalue weighted by atomic mass is 16.5. The third kappa shape index (κ3) is 2.87. The number of nitrogens with one attached hydrogen (secondary N) is 1. The van der Waals surface area contributed by atoms with Crippen LogP contribution in [0.4, 0.5) is 0 Å². The number of amides is 1. The van der Waals surface area contributed by atoms with E-state index in [9.17, 15) is 9.90 Å². The molecule has 30 heavy (non-hydrogen) atoms. The number of nitrogens with zero attached hydrogens (tertiary/aromatic N) is 3. The molecule has 1 amide bonds. The Hall–Kier alpha value is -3.26. The van der Waals surface area contributed by atoms with E-state index >= 15 is 0 Å². The zero-order chi connectivity index (χ0) is 21.0. The van der Waals surface area contributed by atoms with Gasteiger partial charge in [-0.3, -0.25) is 9.78 Å². The SMILES string of the molecule is Cc1ccc(-c2noc([C@@H]3C(=O)N[C@]4(C)C[C@H]3c3c(CO)cnc(C)c3O4)n2)cc1.